The van der Waals surface area contributed by atoms with Crippen molar-refractivity contribution in [2.24, 2.45) is 0 Å². The lowest BCUT2D eigenvalue weighted by Gasteiger charge is -2.15. The number of rotatable bonds is 3. The van der Waals surface area contributed by atoms with Crippen LogP contribution >= 0.6 is 34.8 Å². The molecule has 0 atom stereocenters. The third-order valence-corrected chi connectivity index (χ3v) is 2.63. The van der Waals surface area contributed by atoms with Crippen molar-refractivity contribution in [3.8, 4) is 0 Å². The Labute approximate surface area is 100 Å². The van der Waals surface area contributed by atoms with E-state index >= 15 is 0 Å². The van der Waals surface area contributed by atoms with Crippen molar-refractivity contribution in [3.05, 3.63) is 42.3 Å². The van der Waals surface area contributed by atoms with Gasteiger partial charge in [0, 0.05) is 5.56 Å². The van der Waals surface area contributed by atoms with Crippen LogP contribution < -0.4 is 0 Å². The zero-order valence-corrected chi connectivity index (χ0v) is 10.0. The lowest BCUT2D eigenvalue weighted by Crippen LogP contribution is -2.04. The fourth-order valence-corrected chi connectivity index (χ4v) is 1.88. The van der Waals surface area contributed by atoms with E-state index in [0.717, 1.165) is 30.4 Å². The van der Waals surface area contributed by atoms with Gasteiger partial charge in [-0.25, -0.2) is 0 Å². The van der Waals surface area contributed by atoms with E-state index < -0.39 is 3.79 Å². The Hall–Kier alpha value is 0.0900. The first-order valence-electron chi connectivity index (χ1n) is 4.50. The summed E-state index contributed by atoms with van der Waals surface area (Å²) >= 11 is 17.6. The van der Waals surface area contributed by atoms with Gasteiger partial charge in [-0.1, -0.05) is 72.4 Å². The predicted molar refractivity (Wildman–Crippen MR) is 64.0 cm³/mol. The molecule has 0 unspecified atom stereocenters. The van der Waals surface area contributed by atoms with E-state index in [1.165, 1.54) is 0 Å². The second-order valence-corrected chi connectivity index (χ2v) is 5.39. The van der Waals surface area contributed by atoms with Crippen LogP contribution in [0, 0.1) is 6.92 Å². The van der Waals surface area contributed by atoms with E-state index in [4.69, 9.17) is 34.8 Å². The summed E-state index contributed by atoms with van der Waals surface area (Å²) in [5.41, 5.74) is 1.87. The Morgan fingerprint density at radius 2 is 1.79 bits per heavy atom. The zero-order chi connectivity index (χ0) is 10.6. The molecule has 0 nitrogen and oxygen atoms in total. The molecule has 0 aliphatic heterocycles. The Balaban J connectivity index is 2.92. The molecule has 0 spiro atoms. The maximum atomic E-state index is 5.86. The van der Waals surface area contributed by atoms with E-state index in [9.17, 15) is 0 Å². The minimum Gasteiger partial charge on any atom is -0.0784 e. The van der Waals surface area contributed by atoms with Gasteiger partial charge in [0.1, 0.15) is 0 Å². The smallest absolute Gasteiger partial charge is 0.0784 e. The molecule has 0 heterocycles. The molecule has 0 aromatic heterocycles. The molecular formula is C11H12Cl3. The summed E-state index contributed by atoms with van der Waals surface area (Å²) in [4.78, 5) is 0. The highest BCUT2D eigenvalue weighted by Crippen LogP contribution is 2.40. The summed E-state index contributed by atoms with van der Waals surface area (Å²) in [5.74, 6) is 0. The van der Waals surface area contributed by atoms with Crippen molar-refractivity contribution < 1.29 is 0 Å². The molecular weight excluding hydrogens is 238 g/mol. The molecule has 1 aromatic carbocycles. The molecule has 1 radical (unpaired) electrons. The summed E-state index contributed by atoms with van der Waals surface area (Å²) in [6.07, 6.45) is 2.82. The fraction of sp³-hybridized carbons (Fsp3) is 0.364. The van der Waals surface area contributed by atoms with Gasteiger partial charge < -0.3 is 0 Å². The summed E-state index contributed by atoms with van der Waals surface area (Å²) < 4.78 is -1.32. The van der Waals surface area contributed by atoms with Gasteiger partial charge in [0.05, 0.1) is 0 Å². The summed E-state index contributed by atoms with van der Waals surface area (Å²) in [7, 11) is 0. The molecule has 0 aliphatic carbocycles. The van der Waals surface area contributed by atoms with Gasteiger partial charge in [0.2, 0.25) is 3.79 Å². The lowest BCUT2D eigenvalue weighted by atomic mass is 10.0. The van der Waals surface area contributed by atoms with Gasteiger partial charge in [-0.2, -0.15) is 0 Å². The van der Waals surface area contributed by atoms with Crippen LogP contribution in [0.5, 0.6) is 0 Å². The molecule has 0 N–H and O–H groups in total. The van der Waals surface area contributed by atoms with Gasteiger partial charge in [-0.3, -0.25) is 0 Å². The van der Waals surface area contributed by atoms with Crippen LogP contribution in [0.25, 0.3) is 0 Å². The van der Waals surface area contributed by atoms with E-state index in [1.807, 2.05) is 24.3 Å². The highest BCUT2D eigenvalue weighted by Gasteiger charge is 2.24. The molecule has 0 aliphatic rings. The molecule has 14 heavy (non-hydrogen) atoms. The number of hydrogen-bond donors (Lipinski definition) is 0. The largest absolute Gasteiger partial charge is 0.216 e. The van der Waals surface area contributed by atoms with Gasteiger partial charge >= 0.3 is 0 Å². The normalized spacial score (nSPS) is 11.7. The van der Waals surface area contributed by atoms with Crippen LogP contribution in [0.4, 0.5) is 0 Å². The first kappa shape index (κ1) is 12.2. The van der Waals surface area contributed by atoms with Crippen LogP contribution in [0.3, 0.4) is 0 Å². The highest BCUT2D eigenvalue weighted by molar-refractivity contribution is 6.66. The minimum absolute atomic E-state index is 0.776. The SMILES string of the molecule is [CH2]CCCc1ccccc1C(Cl)(Cl)Cl. The average Bonchev–Trinajstić information content (AvgIpc) is 2.14. The van der Waals surface area contributed by atoms with Crippen molar-refractivity contribution in [1.82, 2.24) is 0 Å². The van der Waals surface area contributed by atoms with E-state index in [2.05, 4.69) is 6.92 Å². The molecule has 0 saturated heterocycles. The Bertz CT molecular complexity index is 289. The standard InChI is InChI=1S/C11H12Cl3/c1-2-3-6-9-7-4-5-8-10(9)11(12,13)14/h4-5,7-8H,1-3,6H2. The van der Waals surface area contributed by atoms with E-state index in [1.54, 1.807) is 0 Å². The maximum Gasteiger partial charge on any atom is 0.216 e. The average molecular weight is 251 g/mol. The van der Waals surface area contributed by atoms with Gasteiger partial charge in [-0.15, -0.1) is 0 Å². The van der Waals surface area contributed by atoms with Crippen molar-refractivity contribution in [1.29, 1.82) is 0 Å². The molecule has 0 bridgehead atoms. The molecule has 1 aromatic rings. The minimum atomic E-state index is -1.32. The monoisotopic (exact) mass is 249 g/mol. The molecule has 1 rings (SSSR count). The van der Waals surface area contributed by atoms with Crippen LogP contribution in [-0.2, 0) is 10.2 Å². The first-order chi connectivity index (χ1) is 6.55. The third-order valence-electron chi connectivity index (χ3n) is 2.02. The van der Waals surface area contributed by atoms with E-state index in [0.29, 0.717) is 0 Å². The molecule has 3 heteroatoms. The summed E-state index contributed by atoms with van der Waals surface area (Å²) in [6, 6.07) is 7.68. The van der Waals surface area contributed by atoms with Crippen molar-refractivity contribution >= 4 is 34.8 Å². The second kappa shape index (κ2) is 5.25. The number of unbranched alkanes of at least 4 members (excludes halogenated alkanes) is 1. The Morgan fingerprint density at radius 1 is 1.14 bits per heavy atom. The van der Waals surface area contributed by atoms with Crippen LogP contribution in [0.2, 0.25) is 0 Å². The molecule has 0 amide bonds. The number of halogens is 3. The topological polar surface area (TPSA) is 0 Å². The Kier molecular flexibility index (Phi) is 4.56. The van der Waals surface area contributed by atoms with Crippen LogP contribution in [-0.4, -0.2) is 0 Å². The van der Waals surface area contributed by atoms with E-state index in [-0.39, 0.29) is 0 Å². The van der Waals surface area contributed by atoms with Gasteiger partial charge in [0.25, 0.3) is 0 Å². The number of benzene rings is 1. The van der Waals surface area contributed by atoms with Crippen molar-refractivity contribution in [3.63, 3.8) is 0 Å². The van der Waals surface area contributed by atoms with Crippen LogP contribution in [0.1, 0.15) is 24.0 Å². The molecule has 0 fully saturated rings. The highest BCUT2D eigenvalue weighted by atomic mass is 35.6. The lowest BCUT2D eigenvalue weighted by molar-refractivity contribution is 0.831. The third kappa shape index (κ3) is 3.34. The summed E-state index contributed by atoms with van der Waals surface area (Å²) in [6.45, 7) is 3.79. The van der Waals surface area contributed by atoms with Crippen molar-refractivity contribution in [2.75, 3.05) is 0 Å². The zero-order valence-electron chi connectivity index (χ0n) is 7.77. The number of alkyl halides is 3. The van der Waals surface area contributed by atoms with Crippen molar-refractivity contribution in [2.45, 2.75) is 23.1 Å². The first-order valence-corrected chi connectivity index (χ1v) is 5.63. The summed E-state index contributed by atoms with van der Waals surface area (Å²) in [5, 5.41) is 0. The number of aryl methyl sites for hydroxylation is 1. The fourth-order valence-electron chi connectivity index (χ4n) is 1.33. The van der Waals surface area contributed by atoms with Crippen LogP contribution in [0.15, 0.2) is 24.3 Å². The molecule has 77 valence electrons. The second-order valence-electron chi connectivity index (χ2n) is 3.11. The van der Waals surface area contributed by atoms with Gasteiger partial charge in [-0.05, 0) is 18.4 Å². The maximum absolute atomic E-state index is 5.86. The predicted octanol–water partition coefficient (Wildman–Crippen LogP) is 4.67. The van der Waals surface area contributed by atoms with Gasteiger partial charge in [0.15, 0.2) is 0 Å². The number of hydrogen-bond acceptors (Lipinski definition) is 0. The molecule has 0 saturated carbocycles. The Morgan fingerprint density at radius 3 is 2.36 bits per heavy atom. The quantitative estimate of drug-likeness (QED) is 0.684.